The van der Waals surface area contributed by atoms with Crippen LogP contribution in [0.4, 0.5) is 10.1 Å². The van der Waals surface area contributed by atoms with Gasteiger partial charge in [-0.05, 0) is 54.6 Å². The quantitative estimate of drug-likeness (QED) is 0.601. The van der Waals surface area contributed by atoms with E-state index in [1.165, 1.54) is 12.1 Å². The predicted octanol–water partition coefficient (Wildman–Crippen LogP) is 3.68. The molecule has 6 nitrogen and oxygen atoms in total. The zero-order chi connectivity index (χ0) is 23.4. The van der Waals surface area contributed by atoms with E-state index >= 15 is 0 Å². The Morgan fingerprint density at radius 2 is 1.64 bits per heavy atom. The fraction of sp³-hybridized carbons (Fsp3) is 0.240. The highest BCUT2D eigenvalue weighted by Gasteiger charge is 2.30. The number of carbonyl (C=O) groups is 1. The van der Waals surface area contributed by atoms with Crippen LogP contribution in [0.1, 0.15) is 17.2 Å². The molecule has 1 atom stereocenters. The standard InChI is InChI=1S/C25H26FN3O3S/c1-28-15-16-29(24(18-28)20-5-3-2-4-6-20)25(30)17-19-7-11-22(12-8-19)27-33(31,32)23-13-9-21(26)10-14-23/h2-14,24,27H,15-18H2,1H3. The van der Waals surface area contributed by atoms with Gasteiger partial charge in [0, 0.05) is 25.3 Å². The molecule has 8 heteroatoms. The number of anilines is 1. The first-order valence-electron chi connectivity index (χ1n) is 10.7. The van der Waals surface area contributed by atoms with Crippen molar-refractivity contribution < 1.29 is 17.6 Å². The molecule has 1 aliphatic heterocycles. The van der Waals surface area contributed by atoms with Crippen molar-refractivity contribution in [2.24, 2.45) is 0 Å². The SMILES string of the molecule is CN1CCN(C(=O)Cc2ccc(NS(=O)(=O)c3ccc(F)cc3)cc2)C(c2ccccc2)C1. The first-order valence-corrected chi connectivity index (χ1v) is 12.2. The topological polar surface area (TPSA) is 69.7 Å². The van der Waals surface area contributed by atoms with Crippen molar-refractivity contribution in [3.05, 3.63) is 95.8 Å². The Morgan fingerprint density at radius 3 is 2.30 bits per heavy atom. The monoisotopic (exact) mass is 467 g/mol. The van der Waals surface area contributed by atoms with Crippen LogP contribution < -0.4 is 4.72 Å². The summed E-state index contributed by atoms with van der Waals surface area (Å²) in [5.41, 5.74) is 2.29. The van der Waals surface area contributed by atoms with E-state index in [0.29, 0.717) is 12.2 Å². The van der Waals surface area contributed by atoms with E-state index in [0.717, 1.165) is 36.3 Å². The predicted molar refractivity (Wildman–Crippen MR) is 126 cm³/mol. The van der Waals surface area contributed by atoms with E-state index < -0.39 is 15.8 Å². The second-order valence-corrected chi connectivity index (χ2v) is 9.89. The summed E-state index contributed by atoms with van der Waals surface area (Å²) < 4.78 is 40.5. The second kappa shape index (κ2) is 9.72. The van der Waals surface area contributed by atoms with Gasteiger partial charge in [-0.3, -0.25) is 9.52 Å². The molecule has 0 radical (unpaired) electrons. The van der Waals surface area contributed by atoms with Crippen LogP contribution in [0.2, 0.25) is 0 Å². The maximum Gasteiger partial charge on any atom is 0.261 e. The maximum absolute atomic E-state index is 13.1. The zero-order valence-corrected chi connectivity index (χ0v) is 19.1. The highest BCUT2D eigenvalue weighted by atomic mass is 32.2. The summed E-state index contributed by atoms with van der Waals surface area (Å²) in [4.78, 5) is 17.3. The third-order valence-corrected chi connectivity index (χ3v) is 7.17. The molecule has 0 bridgehead atoms. The largest absolute Gasteiger partial charge is 0.333 e. The van der Waals surface area contributed by atoms with Gasteiger partial charge in [0.15, 0.2) is 0 Å². The van der Waals surface area contributed by atoms with Gasteiger partial charge in [0.25, 0.3) is 10.0 Å². The normalized spacial score (nSPS) is 17.0. The molecule has 1 N–H and O–H groups in total. The van der Waals surface area contributed by atoms with E-state index in [1.807, 2.05) is 35.2 Å². The molecule has 1 aliphatic rings. The smallest absolute Gasteiger partial charge is 0.261 e. The van der Waals surface area contributed by atoms with E-state index in [9.17, 15) is 17.6 Å². The van der Waals surface area contributed by atoms with Crippen molar-refractivity contribution in [3.8, 4) is 0 Å². The number of hydrogen-bond donors (Lipinski definition) is 1. The number of nitrogens with one attached hydrogen (secondary N) is 1. The number of likely N-dealkylation sites (N-methyl/N-ethyl adjacent to an activating group) is 1. The van der Waals surface area contributed by atoms with Crippen molar-refractivity contribution in [3.63, 3.8) is 0 Å². The Balaban J connectivity index is 1.44. The second-order valence-electron chi connectivity index (χ2n) is 8.21. The number of amides is 1. The Bertz CT molecular complexity index is 1200. The lowest BCUT2D eigenvalue weighted by Gasteiger charge is -2.40. The van der Waals surface area contributed by atoms with Crippen LogP contribution in [0.25, 0.3) is 0 Å². The Hall–Kier alpha value is -3.23. The van der Waals surface area contributed by atoms with Crippen molar-refractivity contribution >= 4 is 21.6 Å². The van der Waals surface area contributed by atoms with Gasteiger partial charge in [-0.2, -0.15) is 0 Å². The maximum atomic E-state index is 13.1. The summed E-state index contributed by atoms with van der Waals surface area (Å²) in [5.74, 6) is -0.464. The van der Waals surface area contributed by atoms with Crippen molar-refractivity contribution in [2.75, 3.05) is 31.4 Å². The molecule has 1 saturated heterocycles. The highest BCUT2D eigenvalue weighted by molar-refractivity contribution is 7.92. The van der Waals surface area contributed by atoms with Crippen molar-refractivity contribution in [1.82, 2.24) is 9.80 Å². The summed E-state index contributed by atoms with van der Waals surface area (Å²) in [7, 11) is -1.76. The molecule has 172 valence electrons. The van der Waals surface area contributed by atoms with Crippen LogP contribution in [0.5, 0.6) is 0 Å². The average molecular weight is 468 g/mol. The lowest BCUT2D eigenvalue weighted by molar-refractivity contribution is -0.135. The van der Waals surface area contributed by atoms with Gasteiger partial charge >= 0.3 is 0 Å². The van der Waals surface area contributed by atoms with Crippen molar-refractivity contribution in [2.45, 2.75) is 17.4 Å². The Labute approximate surface area is 193 Å². The number of rotatable bonds is 6. The van der Waals surface area contributed by atoms with Crippen LogP contribution >= 0.6 is 0 Å². The third-order valence-electron chi connectivity index (χ3n) is 5.77. The van der Waals surface area contributed by atoms with Gasteiger partial charge < -0.3 is 9.80 Å². The molecule has 1 amide bonds. The summed E-state index contributed by atoms with van der Waals surface area (Å²) in [6.45, 7) is 2.25. The summed E-state index contributed by atoms with van der Waals surface area (Å²) >= 11 is 0. The minimum absolute atomic E-state index is 0.000702. The molecule has 0 aromatic heterocycles. The first kappa shape index (κ1) is 22.9. The third kappa shape index (κ3) is 5.58. The fourth-order valence-corrected chi connectivity index (χ4v) is 5.03. The summed E-state index contributed by atoms with van der Waals surface area (Å²) in [5, 5.41) is 0. The van der Waals surface area contributed by atoms with E-state index in [4.69, 9.17) is 0 Å². The van der Waals surface area contributed by atoms with Gasteiger partial charge in [-0.1, -0.05) is 42.5 Å². The number of carbonyl (C=O) groups excluding carboxylic acids is 1. The van der Waals surface area contributed by atoms with Gasteiger partial charge in [0.1, 0.15) is 5.82 Å². The molecule has 3 aromatic carbocycles. The van der Waals surface area contributed by atoms with E-state index in [1.54, 1.807) is 24.3 Å². The Kier molecular flexibility index (Phi) is 6.76. The zero-order valence-electron chi connectivity index (χ0n) is 18.3. The number of nitrogens with zero attached hydrogens (tertiary/aromatic N) is 2. The lowest BCUT2D eigenvalue weighted by atomic mass is 10.0. The molecule has 0 saturated carbocycles. The Morgan fingerprint density at radius 1 is 0.970 bits per heavy atom. The molecular formula is C25H26FN3O3S. The molecule has 1 heterocycles. The minimum atomic E-state index is -3.82. The molecule has 3 aromatic rings. The van der Waals surface area contributed by atoms with Crippen LogP contribution in [0.3, 0.4) is 0 Å². The highest BCUT2D eigenvalue weighted by Crippen LogP contribution is 2.26. The molecule has 0 spiro atoms. The van der Waals surface area contributed by atoms with Crippen LogP contribution in [-0.2, 0) is 21.2 Å². The average Bonchev–Trinajstić information content (AvgIpc) is 2.81. The number of benzene rings is 3. The summed E-state index contributed by atoms with van der Waals surface area (Å²) in [6.07, 6.45) is 0.234. The van der Waals surface area contributed by atoms with Gasteiger partial charge in [0.2, 0.25) is 5.91 Å². The molecule has 1 fully saturated rings. The van der Waals surface area contributed by atoms with Gasteiger partial charge in [-0.15, -0.1) is 0 Å². The molecule has 33 heavy (non-hydrogen) atoms. The molecular weight excluding hydrogens is 441 g/mol. The summed E-state index contributed by atoms with van der Waals surface area (Å²) in [6, 6.07) is 21.4. The van der Waals surface area contributed by atoms with Crippen LogP contribution in [0.15, 0.2) is 83.8 Å². The van der Waals surface area contributed by atoms with E-state index in [-0.39, 0.29) is 23.3 Å². The molecule has 4 rings (SSSR count). The van der Waals surface area contributed by atoms with Gasteiger partial charge in [-0.25, -0.2) is 12.8 Å². The van der Waals surface area contributed by atoms with Crippen LogP contribution in [-0.4, -0.2) is 50.8 Å². The lowest BCUT2D eigenvalue weighted by Crippen LogP contribution is -2.49. The van der Waals surface area contributed by atoms with Crippen molar-refractivity contribution in [1.29, 1.82) is 0 Å². The molecule has 1 unspecified atom stereocenters. The number of sulfonamides is 1. The first-order chi connectivity index (χ1) is 15.8. The van der Waals surface area contributed by atoms with Gasteiger partial charge in [0.05, 0.1) is 17.4 Å². The number of halogens is 1. The number of piperazine rings is 1. The fourth-order valence-electron chi connectivity index (χ4n) is 3.97. The number of hydrogen-bond acceptors (Lipinski definition) is 4. The molecule has 0 aliphatic carbocycles. The van der Waals surface area contributed by atoms with Crippen LogP contribution in [0, 0.1) is 5.82 Å². The minimum Gasteiger partial charge on any atom is -0.333 e. The van der Waals surface area contributed by atoms with E-state index in [2.05, 4.69) is 16.7 Å².